The highest BCUT2D eigenvalue weighted by Crippen LogP contribution is 2.29. The fraction of sp³-hybridized carbons (Fsp3) is 0.435. The highest BCUT2D eigenvalue weighted by Gasteiger charge is 2.28. The van der Waals surface area contributed by atoms with E-state index in [1.54, 1.807) is 0 Å². The Kier molecular flexibility index (Phi) is 5.16. The lowest BCUT2D eigenvalue weighted by Crippen LogP contribution is -2.40. The van der Waals surface area contributed by atoms with E-state index in [0.717, 1.165) is 66.9 Å². The molecule has 5 heteroatoms. The van der Waals surface area contributed by atoms with E-state index in [-0.39, 0.29) is 5.91 Å². The summed E-state index contributed by atoms with van der Waals surface area (Å²) in [5.41, 5.74) is 3.79. The standard InChI is InChI=1S/C23H28N4O/c1-4-17-8-9-21-19(14-17)20(13-16(3)25-21)23(28)27-11-6-7-18(15-27)22-24-10-12-26(22)5-2/h8-10,12-14,18H,4-7,11,15H2,1-3H3/t18-/m0/s1. The summed E-state index contributed by atoms with van der Waals surface area (Å²) in [6.45, 7) is 8.67. The maximum atomic E-state index is 13.5. The Morgan fingerprint density at radius 2 is 2.11 bits per heavy atom. The first-order valence-corrected chi connectivity index (χ1v) is 10.3. The van der Waals surface area contributed by atoms with E-state index in [9.17, 15) is 4.79 Å². The van der Waals surface area contributed by atoms with Crippen LogP contribution < -0.4 is 0 Å². The minimum Gasteiger partial charge on any atom is -0.338 e. The summed E-state index contributed by atoms with van der Waals surface area (Å²) in [7, 11) is 0. The maximum absolute atomic E-state index is 13.5. The van der Waals surface area contributed by atoms with Crippen LogP contribution in [0.3, 0.4) is 0 Å². The molecule has 0 aliphatic carbocycles. The third-order valence-electron chi connectivity index (χ3n) is 5.80. The Bertz CT molecular complexity index is 1010. The zero-order chi connectivity index (χ0) is 19.7. The molecule has 146 valence electrons. The SMILES string of the molecule is CCc1ccc2nc(C)cc(C(=O)N3CCC[C@H](c4nccn4CC)C3)c2c1. The van der Waals surface area contributed by atoms with Crippen LogP contribution in [0.2, 0.25) is 0 Å². The topological polar surface area (TPSA) is 51.0 Å². The van der Waals surface area contributed by atoms with E-state index in [4.69, 9.17) is 0 Å². The average molecular weight is 377 g/mol. The fourth-order valence-electron chi connectivity index (χ4n) is 4.29. The van der Waals surface area contributed by atoms with Crippen molar-refractivity contribution < 1.29 is 4.79 Å². The van der Waals surface area contributed by atoms with Gasteiger partial charge in [0.25, 0.3) is 5.91 Å². The Morgan fingerprint density at radius 3 is 2.89 bits per heavy atom. The quantitative estimate of drug-likeness (QED) is 0.680. The number of aryl methyl sites for hydroxylation is 3. The van der Waals surface area contributed by atoms with Gasteiger partial charge in [0.05, 0.1) is 11.1 Å². The summed E-state index contributed by atoms with van der Waals surface area (Å²) < 4.78 is 2.19. The molecule has 1 saturated heterocycles. The number of amides is 1. The highest BCUT2D eigenvalue weighted by atomic mass is 16.2. The molecule has 0 spiro atoms. The molecule has 1 aliphatic rings. The zero-order valence-corrected chi connectivity index (χ0v) is 17.0. The number of hydrogen-bond acceptors (Lipinski definition) is 3. The number of aromatic nitrogens is 3. The summed E-state index contributed by atoms with van der Waals surface area (Å²) >= 11 is 0. The van der Waals surface area contributed by atoms with Crippen molar-refractivity contribution in [1.82, 2.24) is 19.4 Å². The molecular formula is C23H28N4O. The molecule has 1 amide bonds. The van der Waals surface area contributed by atoms with Crippen molar-refractivity contribution in [3.05, 3.63) is 59.3 Å². The molecule has 3 heterocycles. The third kappa shape index (κ3) is 3.41. The lowest BCUT2D eigenvalue weighted by Gasteiger charge is -2.33. The second-order valence-corrected chi connectivity index (χ2v) is 7.68. The van der Waals surface area contributed by atoms with Crippen molar-refractivity contribution in [3.63, 3.8) is 0 Å². The molecule has 1 atom stereocenters. The average Bonchev–Trinajstić information content (AvgIpc) is 3.21. The number of carbonyl (C=O) groups excluding carboxylic acids is 1. The Hall–Kier alpha value is -2.69. The van der Waals surface area contributed by atoms with E-state index in [1.807, 2.05) is 36.4 Å². The van der Waals surface area contributed by atoms with Gasteiger partial charge in [0.2, 0.25) is 0 Å². The summed E-state index contributed by atoms with van der Waals surface area (Å²) in [5.74, 6) is 1.51. The van der Waals surface area contributed by atoms with Crippen LogP contribution in [0.4, 0.5) is 0 Å². The van der Waals surface area contributed by atoms with E-state index in [1.165, 1.54) is 5.56 Å². The molecule has 4 rings (SSSR count). The van der Waals surface area contributed by atoms with Gasteiger partial charge in [-0.3, -0.25) is 9.78 Å². The Labute approximate surface area is 166 Å². The van der Waals surface area contributed by atoms with Gasteiger partial charge in [-0.2, -0.15) is 0 Å². The van der Waals surface area contributed by atoms with Crippen LogP contribution in [0.5, 0.6) is 0 Å². The number of carbonyl (C=O) groups is 1. The van der Waals surface area contributed by atoms with Crippen LogP contribution in [0.15, 0.2) is 36.7 Å². The van der Waals surface area contributed by atoms with E-state index in [2.05, 4.69) is 40.5 Å². The Morgan fingerprint density at radius 1 is 1.25 bits per heavy atom. The first kappa shape index (κ1) is 18.7. The van der Waals surface area contributed by atoms with Gasteiger partial charge < -0.3 is 9.47 Å². The van der Waals surface area contributed by atoms with Gasteiger partial charge in [-0.15, -0.1) is 0 Å². The number of nitrogens with zero attached hydrogens (tertiary/aromatic N) is 4. The van der Waals surface area contributed by atoms with Gasteiger partial charge in [0, 0.05) is 49.0 Å². The second kappa shape index (κ2) is 7.74. The van der Waals surface area contributed by atoms with Gasteiger partial charge in [0.15, 0.2) is 0 Å². The molecular weight excluding hydrogens is 348 g/mol. The normalized spacial score (nSPS) is 17.2. The van der Waals surface area contributed by atoms with E-state index < -0.39 is 0 Å². The van der Waals surface area contributed by atoms with Crippen molar-refractivity contribution in [1.29, 1.82) is 0 Å². The molecule has 0 radical (unpaired) electrons. The molecule has 28 heavy (non-hydrogen) atoms. The van der Waals surface area contributed by atoms with Gasteiger partial charge in [0.1, 0.15) is 5.82 Å². The van der Waals surface area contributed by atoms with Crippen LogP contribution in [0.25, 0.3) is 10.9 Å². The summed E-state index contributed by atoms with van der Waals surface area (Å²) in [6.07, 6.45) is 6.93. The summed E-state index contributed by atoms with van der Waals surface area (Å²) in [5, 5.41) is 0.965. The van der Waals surface area contributed by atoms with E-state index in [0.29, 0.717) is 5.92 Å². The van der Waals surface area contributed by atoms with Crippen molar-refractivity contribution in [2.24, 2.45) is 0 Å². The monoisotopic (exact) mass is 376 g/mol. The molecule has 3 aromatic rings. The fourth-order valence-corrected chi connectivity index (χ4v) is 4.29. The van der Waals surface area contributed by atoms with Crippen LogP contribution in [0.1, 0.15) is 60.0 Å². The number of likely N-dealkylation sites (tertiary alicyclic amines) is 1. The smallest absolute Gasteiger partial charge is 0.254 e. The maximum Gasteiger partial charge on any atom is 0.254 e. The third-order valence-corrected chi connectivity index (χ3v) is 5.80. The number of pyridine rings is 1. The first-order chi connectivity index (χ1) is 13.6. The lowest BCUT2D eigenvalue weighted by molar-refractivity contribution is 0.0705. The molecule has 5 nitrogen and oxygen atoms in total. The van der Waals surface area contributed by atoms with Gasteiger partial charge in [-0.1, -0.05) is 13.0 Å². The van der Waals surface area contributed by atoms with Gasteiger partial charge in [-0.25, -0.2) is 4.98 Å². The summed E-state index contributed by atoms with van der Waals surface area (Å²) in [4.78, 5) is 24.7. The second-order valence-electron chi connectivity index (χ2n) is 7.68. The predicted molar refractivity (Wildman–Crippen MR) is 112 cm³/mol. The number of piperidine rings is 1. The largest absolute Gasteiger partial charge is 0.338 e. The number of fused-ring (bicyclic) bond motifs is 1. The number of hydrogen-bond donors (Lipinski definition) is 0. The Balaban J connectivity index is 1.67. The number of imidazole rings is 1. The van der Waals surface area contributed by atoms with Crippen LogP contribution in [0, 0.1) is 6.92 Å². The molecule has 0 N–H and O–H groups in total. The molecule has 1 aromatic carbocycles. The van der Waals surface area contributed by atoms with Crippen LogP contribution in [-0.4, -0.2) is 38.4 Å². The van der Waals surface area contributed by atoms with Gasteiger partial charge in [-0.05, 0) is 56.9 Å². The predicted octanol–water partition coefficient (Wildman–Crippen LogP) is 4.34. The lowest BCUT2D eigenvalue weighted by atomic mass is 9.95. The van der Waals surface area contributed by atoms with Crippen LogP contribution in [-0.2, 0) is 13.0 Å². The molecule has 0 unspecified atom stereocenters. The minimum atomic E-state index is 0.114. The number of rotatable bonds is 4. The van der Waals surface area contributed by atoms with E-state index >= 15 is 0 Å². The summed E-state index contributed by atoms with van der Waals surface area (Å²) in [6, 6.07) is 8.21. The molecule has 0 saturated carbocycles. The minimum absolute atomic E-state index is 0.114. The van der Waals surface area contributed by atoms with Gasteiger partial charge >= 0.3 is 0 Å². The van der Waals surface area contributed by atoms with Crippen LogP contribution >= 0.6 is 0 Å². The molecule has 1 fully saturated rings. The first-order valence-electron chi connectivity index (χ1n) is 10.3. The van der Waals surface area contributed by atoms with Crippen molar-refractivity contribution in [3.8, 4) is 0 Å². The molecule has 0 bridgehead atoms. The van der Waals surface area contributed by atoms with Crippen molar-refractivity contribution in [2.75, 3.05) is 13.1 Å². The highest BCUT2D eigenvalue weighted by molar-refractivity contribution is 6.06. The molecule has 2 aromatic heterocycles. The van der Waals surface area contributed by atoms with Crippen molar-refractivity contribution in [2.45, 2.75) is 52.5 Å². The molecule has 1 aliphatic heterocycles. The number of benzene rings is 1. The zero-order valence-electron chi connectivity index (χ0n) is 17.0. The van der Waals surface area contributed by atoms with Crippen molar-refractivity contribution >= 4 is 16.8 Å².